The Labute approximate surface area is 76.6 Å². The molecule has 0 rings (SSSR count). The van der Waals surface area contributed by atoms with E-state index in [1.54, 1.807) is 0 Å². The van der Waals surface area contributed by atoms with Crippen LogP contribution < -0.4 is 0 Å². The molecule has 1 N–H and O–H groups in total. The van der Waals surface area contributed by atoms with Gasteiger partial charge in [-0.25, -0.2) is 0 Å². The van der Waals surface area contributed by atoms with Gasteiger partial charge in [0.2, 0.25) is 0 Å². The number of rotatable bonds is 5. The van der Waals surface area contributed by atoms with Crippen LogP contribution in [-0.2, 0) is 0 Å². The lowest BCUT2D eigenvalue weighted by Gasteiger charge is -2.24. The summed E-state index contributed by atoms with van der Waals surface area (Å²) in [5, 5.41) is 9.23. The highest BCUT2D eigenvalue weighted by atomic mass is 16.3. The lowest BCUT2D eigenvalue weighted by molar-refractivity contribution is 0.0276. The fourth-order valence-electron chi connectivity index (χ4n) is 1.52. The number of aliphatic hydroxyl groups is 1. The van der Waals surface area contributed by atoms with Crippen molar-refractivity contribution in [2.45, 2.75) is 40.3 Å². The highest BCUT2D eigenvalue weighted by molar-refractivity contribution is 4.61. The smallest absolute Gasteiger partial charge is 0.104 e. The normalized spacial score (nSPS) is 17.0. The van der Waals surface area contributed by atoms with Crippen molar-refractivity contribution in [3.8, 4) is 0 Å². The van der Waals surface area contributed by atoms with E-state index in [9.17, 15) is 5.11 Å². The van der Waals surface area contributed by atoms with Crippen LogP contribution in [0.1, 0.15) is 34.1 Å². The summed E-state index contributed by atoms with van der Waals surface area (Å²) in [7, 11) is 1.96. The number of hydrogen-bond donors (Lipinski definition) is 1. The molecule has 0 saturated carbocycles. The van der Waals surface area contributed by atoms with Crippen LogP contribution in [0.4, 0.5) is 0 Å². The molecule has 0 aromatic heterocycles. The summed E-state index contributed by atoms with van der Waals surface area (Å²) in [6.45, 7) is 9.49. The largest absolute Gasteiger partial charge is 0.379 e. The minimum Gasteiger partial charge on any atom is -0.379 e. The molecule has 0 aromatic rings. The maximum absolute atomic E-state index is 9.23. The second-order valence-corrected chi connectivity index (χ2v) is 4.31. The van der Waals surface area contributed by atoms with Gasteiger partial charge < -0.3 is 5.11 Å². The first-order valence-corrected chi connectivity index (χ1v) is 4.81. The Morgan fingerprint density at radius 2 is 1.67 bits per heavy atom. The summed E-state index contributed by atoms with van der Waals surface area (Å²) in [6, 6.07) is 0. The molecule has 2 heteroatoms. The fourth-order valence-corrected chi connectivity index (χ4v) is 1.52. The monoisotopic (exact) mass is 173 g/mol. The molecule has 0 unspecified atom stereocenters. The van der Waals surface area contributed by atoms with Gasteiger partial charge in [-0.3, -0.25) is 4.90 Å². The van der Waals surface area contributed by atoms with Crippen LogP contribution >= 0.6 is 0 Å². The van der Waals surface area contributed by atoms with Crippen molar-refractivity contribution in [3.05, 3.63) is 0 Å². The average Bonchev–Trinajstić information content (AvgIpc) is 1.84. The third-order valence-corrected chi connectivity index (χ3v) is 2.11. The van der Waals surface area contributed by atoms with E-state index in [2.05, 4.69) is 20.8 Å². The molecule has 0 aliphatic carbocycles. The molecule has 0 aromatic carbocycles. The lowest BCUT2D eigenvalue weighted by atomic mass is 9.98. The van der Waals surface area contributed by atoms with E-state index in [4.69, 9.17) is 0 Å². The minimum atomic E-state index is -0.320. The summed E-state index contributed by atoms with van der Waals surface area (Å²) < 4.78 is 0. The van der Waals surface area contributed by atoms with Crippen molar-refractivity contribution in [1.82, 2.24) is 4.90 Å². The van der Waals surface area contributed by atoms with Crippen molar-refractivity contribution in [2.24, 2.45) is 11.8 Å². The van der Waals surface area contributed by atoms with Crippen LogP contribution in [0, 0.1) is 11.8 Å². The standard InChI is InChI=1S/C10H23NO/c1-8(2)6-9(3)7-11(5)10(4)12/h8-10,12H,6-7H2,1-5H3/t9-,10-/m0/s1. The van der Waals surface area contributed by atoms with Crippen LogP contribution in [-0.4, -0.2) is 29.8 Å². The van der Waals surface area contributed by atoms with Gasteiger partial charge in [-0.05, 0) is 32.2 Å². The molecular formula is C10H23NO. The molecule has 2 atom stereocenters. The molecule has 12 heavy (non-hydrogen) atoms. The first-order valence-electron chi connectivity index (χ1n) is 4.81. The van der Waals surface area contributed by atoms with E-state index in [0.717, 1.165) is 12.5 Å². The molecule has 0 fully saturated rings. The van der Waals surface area contributed by atoms with Crippen molar-refractivity contribution in [1.29, 1.82) is 0 Å². The maximum Gasteiger partial charge on any atom is 0.104 e. The number of nitrogens with zero attached hydrogens (tertiary/aromatic N) is 1. The third-order valence-electron chi connectivity index (χ3n) is 2.11. The van der Waals surface area contributed by atoms with Crippen LogP contribution in [0.5, 0.6) is 0 Å². The molecule has 0 saturated heterocycles. The first-order chi connectivity index (χ1) is 5.43. The summed E-state index contributed by atoms with van der Waals surface area (Å²) in [5.74, 6) is 1.42. The lowest BCUT2D eigenvalue weighted by Crippen LogP contribution is -2.32. The number of hydrogen-bond acceptors (Lipinski definition) is 2. The fraction of sp³-hybridized carbons (Fsp3) is 1.00. The molecule has 0 spiro atoms. The quantitative estimate of drug-likeness (QED) is 0.642. The minimum absolute atomic E-state index is 0.320. The van der Waals surface area contributed by atoms with Crippen LogP contribution in [0.3, 0.4) is 0 Å². The predicted molar refractivity (Wildman–Crippen MR) is 52.9 cm³/mol. The highest BCUT2D eigenvalue weighted by Gasteiger charge is 2.10. The van der Waals surface area contributed by atoms with Crippen molar-refractivity contribution >= 4 is 0 Å². The summed E-state index contributed by atoms with van der Waals surface area (Å²) in [4.78, 5) is 1.98. The molecule has 0 heterocycles. The van der Waals surface area contributed by atoms with Gasteiger partial charge in [-0.1, -0.05) is 20.8 Å². The molecule has 0 amide bonds. The molecule has 0 aliphatic rings. The van der Waals surface area contributed by atoms with E-state index in [0.29, 0.717) is 5.92 Å². The van der Waals surface area contributed by atoms with Gasteiger partial charge in [0, 0.05) is 6.54 Å². The summed E-state index contributed by atoms with van der Waals surface area (Å²) in [5.41, 5.74) is 0. The maximum atomic E-state index is 9.23. The Bertz CT molecular complexity index is 112. The number of aliphatic hydroxyl groups excluding tert-OH is 1. The second kappa shape index (κ2) is 5.55. The van der Waals surface area contributed by atoms with Gasteiger partial charge >= 0.3 is 0 Å². The Hall–Kier alpha value is -0.0800. The van der Waals surface area contributed by atoms with Crippen LogP contribution in [0.15, 0.2) is 0 Å². The van der Waals surface area contributed by atoms with Crippen LogP contribution in [0.25, 0.3) is 0 Å². The van der Waals surface area contributed by atoms with Crippen molar-refractivity contribution < 1.29 is 5.11 Å². The van der Waals surface area contributed by atoms with E-state index < -0.39 is 0 Å². The molecule has 0 radical (unpaired) electrons. The Morgan fingerprint density at radius 1 is 1.17 bits per heavy atom. The predicted octanol–water partition coefficient (Wildman–Crippen LogP) is 1.94. The third kappa shape index (κ3) is 5.56. The molecule has 0 bridgehead atoms. The van der Waals surface area contributed by atoms with E-state index in [1.807, 2.05) is 18.9 Å². The zero-order valence-electron chi connectivity index (χ0n) is 9.04. The molecular weight excluding hydrogens is 150 g/mol. The highest BCUT2D eigenvalue weighted by Crippen LogP contribution is 2.12. The Kier molecular flexibility index (Phi) is 5.51. The topological polar surface area (TPSA) is 23.5 Å². The zero-order valence-corrected chi connectivity index (χ0v) is 9.04. The first kappa shape index (κ1) is 11.9. The molecule has 0 aliphatic heterocycles. The molecule has 2 nitrogen and oxygen atoms in total. The van der Waals surface area contributed by atoms with Gasteiger partial charge in [-0.15, -0.1) is 0 Å². The average molecular weight is 173 g/mol. The summed E-state index contributed by atoms with van der Waals surface area (Å²) in [6.07, 6.45) is 0.913. The Balaban J connectivity index is 3.61. The second-order valence-electron chi connectivity index (χ2n) is 4.31. The van der Waals surface area contributed by atoms with Crippen molar-refractivity contribution in [2.75, 3.05) is 13.6 Å². The van der Waals surface area contributed by atoms with Crippen molar-refractivity contribution in [3.63, 3.8) is 0 Å². The van der Waals surface area contributed by atoms with Gasteiger partial charge in [0.1, 0.15) is 6.23 Å². The van der Waals surface area contributed by atoms with Gasteiger partial charge in [0.25, 0.3) is 0 Å². The van der Waals surface area contributed by atoms with E-state index in [-0.39, 0.29) is 6.23 Å². The SMILES string of the molecule is CC(C)C[C@H](C)CN(C)[C@H](C)O. The van der Waals surface area contributed by atoms with Gasteiger partial charge in [-0.2, -0.15) is 0 Å². The van der Waals surface area contributed by atoms with Gasteiger partial charge in [0.05, 0.1) is 0 Å². The zero-order chi connectivity index (χ0) is 9.72. The van der Waals surface area contributed by atoms with Crippen LogP contribution in [0.2, 0.25) is 0 Å². The Morgan fingerprint density at radius 3 is 2.00 bits per heavy atom. The summed E-state index contributed by atoms with van der Waals surface area (Å²) >= 11 is 0. The van der Waals surface area contributed by atoms with E-state index >= 15 is 0 Å². The van der Waals surface area contributed by atoms with E-state index in [1.165, 1.54) is 6.42 Å². The van der Waals surface area contributed by atoms with Gasteiger partial charge in [0.15, 0.2) is 0 Å². The molecule has 74 valence electrons.